The summed E-state index contributed by atoms with van der Waals surface area (Å²) in [7, 11) is 0. The summed E-state index contributed by atoms with van der Waals surface area (Å²) in [5.74, 6) is -0.0414. The van der Waals surface area contributed by atoms with E-state index in [1.165, 1.54) is 12.1 Å². The number of carbonyl (C=O) groups is 1. The fourth-order valence-electron chi connectivity index (χ4n) is 3.48. The van der Waals surface area contributed by atoms with Crippen LogP contribution in [0.1, 0.15) is 10.4 Å². The average Bonchev–Trinajstić information content (AvgIpc) is 3.23. The van der Waals surface area contributed by atoms with E-state index >= 15 is 0 Å². The summed E-state index contributed by atoms with van der Waals surface area (Å²) in [4.78, 5) is 28.0. The van der Waals surface area contributed by atoms with Crippen LogP contribution >= 0.6 is 0 Å². The van der Waals surface area contributed by atoms with Gasteiger partial charge in [-0.1, -0.05) is 12.1 Å². The lowest BCUT2D eigenvalue weighted by atomic mass is 10.1. The predicted molar refractivity (Wildman–Crippen MR) is 113 cm³/mol. The standard InChI is InChI=1S/C22H16N4O5/c27-22(16-11-20-21(31-10-9-30-20)12-19(16)26(28)29)24-14-5-7-15(8-6-14)25-13-23-17-3-1-2-4-18(17)25/h1-8,11-13H,9-10H2,(H,24,27). The zero-order chi connectivity index (χ0) is 21.4. The molecule has 0 bridgehead atoms. The lowest BCUT2D eigenvalue weighted by molar-refractivity contribution is -0.385. The molecule has 154 valence electrons. The second-order valence-electron chi connectivity index (χ2n) is 6.87. The molecule has 9 heteroatoms. The van der Waals surface area contributed by atoms with Crippen molar-refractivity contribution in [3.05, 3.63) is 82.7 Å². The van der Waals surface area contributed by atoms with Gasteiger partial charge in [0.05, 0.1) is 22.0 Å². The van der Waals surface area contributed by atoms with Crippen molar-refractivity contribution in [1.82, 2.24) is 9.55 Å². The smallest absolute Gasteiger partial charge is 0.286 e. The Labute approximate surface area is 176 Å². The molecule has 0 saturated carbocycles. The number of nitro groups is 1. The summed E-state index contributed by atoms with van der Waals surface area (Å²) in [6, 6.07) is 17.5. The minimum atomic E-state index is -0.611. The van der Waals surface area contributed by atoms with Gasteiger partial charge in [0, 0.05) is 17.4 Å². The maximum Gasteiger partial charge on any atom is 0.286 e. The van der Waals surface area contributed by atoms with Crippen molar-refractivity contribution in [1.29, 1.82) is 0 Å². The molecule has 0 radical (unpaired) electrons. The zero-order valence-electron chi connectivity index (χ0n) is 16.1. The summed E-state index contributed by atoms with van der Waals surface area (Å²) in [5.41, 5.74) is 2.78. The van der Waals surface area contributed by atoms with Crippen LogP contribution in [0.25, 0.3) is 16.7 Å². The number of carbonyl (C=O) groups excluding carboxylic acids is 1. The Kier molecular flexibility index (Phi) is 4.47. The zero-order valence-corrected chi connectivity index (χ0v) is 16.1. The highest BCUT2D eigenvalue weighted by atomic mass is 16.6. The van der Waals surface area contributed by atoms with Crippen molar-refractivity contribution >= 4 is 28.3 Å². The number of hydrogen-bond donors (Lipinski definition) is 1. The van der Waals surface area contributed by atoms with E-state index in [0.29, 0.717) is 24.7 Å². The molecule has 0 aliphatic carbocycles. The number of nitro benzene ring substituents is 1. The minimum Gasteiger partial charge on any atom is -0.486 e. The molecule has 0 saturated heterocycles. The first-order valence-corrected chi connectivity index (χ1v) is 9.52. The molecule has 1 aliphatic heterocycles. The van der Waals surface area contributed by atoms with Gasteiger partial charge in [0.25, 0.3) is 11.6 Å². The Bertz CT molecular complexity index is 1310. The highest BCUT2D eigenvalue weighted by molar-refractivity contribution is 6.07. The molecule has 5 rings (SSSR count). The van der Waals surface area contributed by atoms with Crippen LogP contribution < -0.4 is 14.8 Å². The number of hydrogen-bond acceptors (Lipinski definition) is 6. The molecule has 31 heavy (non-hydrogen) atoms. The highest BCUT2D eigenvalue weighted by Crippen LogP contribution is 2.37. The maximum absolute atomic E-state index is 12.8. The van der Waals surface area contributed by atoms with E-state index in [4.69, 9.17) is 9.47 Å². The number of aromatic nitrogens is 2. The van der Waals surface area contributed by atoms with Crippen LogP contribution in [0.5, 0.6) is 11.5 Å². The fraction of sp³-hybridized carbons (Fsp3) is 0.0909. The minimum absolute atomic E-state index is 0.0982. The van der Waals surface area contributed by atoms with Crippen molar-refractivity contribution in [3.8, 4) is 17.2 Å². The molecule has 4 aromatic rings. The van der Waals surface area contributed by atoms with Crippen LogP contribution in [-0.2, 0) is 0 Å². The molecule has 2 heterocycles. The second-order valence-corrected chi connectivity index (χ2v) is 6.87. The van der Waals surface area contributed by atoms with Gasteiger partial charge in [0.15, 0.2) is 11.5 Å². The van der Waals surface area contributed by atoms with Gasteiger partial charge in [-0.3, -0.25) is 19.5 Å². The second kappa shape index (κ2) is 7.45. The summed E-state index contributed by atoms with van der Waals surface area (Å²) in [6.45, 7) is 0.616. The van der Waals surface area contributed by atoms with Crippen LogP contribution in [0.15, 0.2) is 67.0 Å². The first kappa shape index (κ1) is 18.6. The number of anilines is 1. The number of benzene rings is 3. The Morgan fingerprint density at radius 3 is 2.48 bits per heavy atom. The number of ether oxygens (including phenoxy) is 2. The van der Waals surface area contributed by atoms with E-state index in [2.05, 4.69) is 10.3 Å². The monoisotopic (exact) mass is 416 g/mol. The van der Waals surface area contributed by atoms with Gasteiger partial charge in [0.1, 0.15) is 25.1 Å². The van der Waals surface area contributed by atoms with Crippen molar-refractivity contribution in [3.63, 3.8) is 0 Å². The van der Waals surface area contributed by atoms with Crippen LogP contribution in [0, 0.1) is 10.1 Å². The van der Waals surface area contributed by atoms with E-state index in [9.17, 15) is 14.9 Å². The van der Waals surface area contributed by atoms with E-state index in [-0.39, 0.29) is 17.0 Å². The summed E-state index contributed by atoms with van der Waals surface area (Å²) < 4.78 is 12.8. The quantitative estimate of drug-likeness (QED) is 0.398. The highest BCUT2D eigenvalue weighted by Gasteiger charge is 2.26. The SMILES string of the molecule is O=C(Nc1ccc(-n2cnc3ccccc32)cc1)c1cc2c(cc1[N+](=O)[O-])OCCO2. The number of nitrogens with zero attached hydrogens (tertiary/aromatic N) is 3. The largest absolute Gasteiger partial charge is 0.486 e. The lowest BCUT2D eigenvalue weighted by Crippen LogP contribution is -2.18. The Balaban J connectivity index is 1.41. The van der Waals surface area contributed by atoms with Crippen molar-refractivity contribution in [2.45, 2.75) is 0 Å². The van der Waals surface area contributed by atoms with Crippen LogP contribution in [0.2, 0.25) is 0 Å². The van der Waals surface area contributed by atoms with Gasteiger partial charge < -0.3 is 14.8 Å². The molecule has 0 fully saturated rings. The number of para-hydroxylation sites is 2. The molecule has 1 aromatic heterocycles. The van der Waals surface area contributed by atoms with Crippen LogP contribution in [0.4, 0.5) is 11.4 Å². The van der Waals surface area contributed by atoms with Crippen LogP contribution in [0.3, 0.4) is 0 Å². The molecule has 1 N–H and O–H groups in total. The summed E-state index contributed by atoms with van der Waals surface area (Å²) >= 11 is 0. The topological polar surface area (TPSA) is 109 Å². The maximum atomic E-state index is 12.8. The third-order valence-corrected chi connectivity index (χ3v) is 4.96. The number of imidazole rings is 1. The normalized spacial score (nSPS) is 12.5. The van der Waals surface area contributed by atoms with Gasteiger partial charge >= 0.3 is 0 Å². The molecule has 0 unspecified atom stereocenters. The molecule has 1 amide bonds. The Hall–Kier alpha value is -4.40. The number of fused-ring (bicyclic) bond motifs is 2. The summed E-state index contributed by atoms with van der Waals surface area (Å²) in [6.07, 6.45) is 1.73. The van der Waals surface area contributed by atoms with Crippen LogP contribution in [-0.4, -0.2) is 33.6 Å². The van der Waals surface area contributed by atoms with Gasteiger partial charge in [-0.15, -0.1) is 0 Å². The fourth-order valence-corrected chi connectivity index (χ4v) is 3.48. The van der Waals surface area contributed by atoms with E-state index in [1.54, 1.807) is 18.5 Å². The van der Waals surface area contributed by atoms with Gasteiger partial charge in [0.2, 0.25) is 0 Å². The van der Waals surface area contributed by atoms with Crippen molar-refractivity contribution in [2.75, 3.05) is 18.5 Å². The Morgan fingerprint density at radius 2 is 1.74 bits per heavy atom. The number of amides is 1. The molecule has 1 aliphatic rings. The van der Waals surface area contributed by atoms with Gasteiger partial charge in [-0.05, 0) is 36.4 Å². The molecule has 0 spiro atoms. The Morgan fingerprint density at radius 1 is 1.03 bits per heavy atom. The van der Waals surface area contributed by atoms with Gasteiger partial charge in [-0.2, -0.15) is 0 Å². The average molecular weight is 416 g/mol. The van der Waals surface area contributed by atoms with Gasteiger partial charge in [-0.25, -0.2) is 4.98 Å². The first-order valence-electron chi connectivity index (χ1n) is 9.52. The first-order chi connectivity index (χ1) is 15.1. The lowest BCUT2D eigenvalue weighted by Gasteiger charge is -2.19. The van der Waals surface area contributed by atoms with Crippen molar-refractivity contribution < 1.29 is 19.2 Å². The van der Waals surface area contributed by atoms with E-state index < -0.39 is 10.8 Å². The molecule has 3 aromatic carbocycles. The third-order valence-electron chi connectivity index (χ3n) is 4.96. The van der Waals surface area contributed by atoms with Crippen molar-refractivity contribution in [2.24, 2.45) is 0 Å². The van der Waals surface area contributed by atoms with E-state index in [0.717, 1.165) is 16.7 Å². The number of nitrogens with one attached hydrogen (secondary N) is 1. The van der Waals surface area contributed by atoms with E-state index in [1.807, 2.05) is 41.0 Å². The predicted octanol–water partition coefficient (Wildman–Crippen LogP) is 3.96. The third kappa shape index (κ3) is 3.42. The molecule has 0 atom stereocenters. The molecular formula is C22H16N4O5. The number of rotatable bonds is 4. The molecular weight excluding hydrogens is 400 g/mol. The summed E-state index contributed by atoms with van der Waals surface area (Å²) in [5, 5.41) is 14.2. The molecule has 9 nitrogen and oxygen atoms in total.